The number of methoxy groups -OCH3 is 1. The minimum Gasteiger partial charge on any atom is -0.464 e. The third kappa shape index (κ3) is 12.0. The normalized spacial score (nSPS) is 14.6. The fraction of sp³-hybridized carbons (Fsp3) is 0.944. The second kappa shape index (κ2) is 11.9. The second-order valence-electron chi connectivity index (χ2n) is 6.82. The van der Waals surface area contributed by atoms with Crippen molar-refractivity contribution in [2.24, 2.45) is 5.92 Å². The summed E-state index contributed by atoms with van der Waals surface area (Å²) in [6.45, 7) is 10.9. The van der Waals surface area contributed by atoms with Gasteiger partial charge in [-0.15, -0.1) is 0 Å². The highest BCUT2D eigenvalue weighted by atomic mass is 16.6. The Hall–Kier alpha value is -0.610. The van der Waals surface area contributed by atoms with Crippen molar-refractivity contribution in [3.8, 4) is 0 Å². The van der Waals surface area contributed by atoms with Gasteiger partial charge in [-0.1, -0.05) is 32.6 Å². The number of ether oxygens (including phenoxy) is 3. The zero-order chi connectivity index (χ0) is 17.0. The number of rotatable bonds is 13. The van der Waals surface area contributed by atoms with Gasteiger partial charge in [0.1, 0.15) is 6.61 Å². The van der Waals surface area contributed by atoms with Crippen LogP contribution in [0.4, 0.5) is 0 Å². The van der Waals surface area contributed by atoms with Crippen LogP contribution in [0.1, 0.15) is 73.1 Å². The van der Waals surface area contributed by atoms with Crippen molar-refractivity contribution < 1.29 is 19.0 Å². The monoisotopic (exact) mass is 316 g/mol. The van der Waals surface area contributed by atoms with E-state index in [2.05, 4.69) is 20.8 Å². The first-order chi connectivity index (χ1) is 10.3. The Bertz CT molecular complexity index is 289. The number of hydrogen-bond donors (Lipinski definition) is 0. The molecule has 0 saturated heterocycles. The van der Waals surface area contributed by atoms with E-state index >= 15 is 0 Å². The molecule has 0 aromatic heterocycles. The summed E-state index contributed by atoms with van der Waals surface area (Å²) in [7, 11) is 1.78. The maximum Gasteiger partial charge on any atom is 0.332 e. The Balaban J connectivity index is 3.62. The molecule has 0 fully saturated rings. The molecule has 0 rings (SSSR count). The fourth-order valence-electron chi connectivity index (χ4n) is 2.37. The smallest absolute Gasteiger partial charge is 0.332 e. The molecule has 0 aliphatic heterocycles. The Morgan fingerprint density at radius 3 is 2.32 bits per heavy atom. The van der Waals surface area contributed by atoms with Crippen molar-refractivity contribution in [3.63, 3.8) is 0 Å². The van der Waals surface area contributed by atoms with E-state index in [-0.39, 0.29) is 24.3 Å². The molecule has 2 atom stereocenters. The van der Waals surface area contributed by atoms with Gasteiger partial charge in [-0.25, -0.2) is 4.79 Å². The standard InChI is InChI=1S/C18H36O4/c1-7-21-17(19)14-22-16(3)12-8-10-15(2)11-9-13-18(4,5)20-6/h15-16H,7-14H2,1-6H3. The minimum absolute atomic E-state index is 0.00479. The summed E-state index contributed by atoms with van der Waals surface area (Å²) in [4.78, 5) is 11.2. The third-order valence-electron chi connectivity index (χ3n) is 4.13. The lowest BCUT2D eigenvalue weighted by Gasteiger charge is -2.23. The van der Waals surface area contributed by atoms with Crippen LogP contribution in [-0.2, 0) is 19.0 Å². The summed E-state index contributed by atoms with van der Waals surface area (Å²) < 4.78 is 15.8. The summed E-state index contributed by atoms with van der Waals surface area (Å²) in [6.07, 6.45) is 7.01. The summed E-state index contributed by atoms with van der Waals surface area (Å²) in [5.74, 6) is 0.452. The van der Waals surface area contributed by atoms with Crippen molar-refractivity contribution in [3.05, 3.63) is 0 Å². The van der Waals surface area contributed by atoms with Crippen LogP contribution in [0, 0.1) is 5.92 Å². The number of carbonyl (C=O) groups excluding carboxylic acids is 1. The lowest BCUT2D eigenvalue weighted by atomic mass is 9.93. The van der Waals surface area contributed by atoms with Crippen LogP contribution in [0.25, 0.3) is 0 Å². The molecule has 0 aliphatic rings. The van der Waals surface area contributed by atoms with Crippen molar-refractivity contribution in [2.75, 3.05) is 20.3 Å². The maximum absolute atomic E-state index is 11.2. The molecule has 0 aromatic rings. The van der Waals surface area contributed by atoms with Gasteiger partial charge >= 0.3 is 5.97 Å². The van der Waals surface area contributed by atoms with E-state index in [1.807, 2.05) is 6.92 Å². The van der Waals surface area contributed by atoms with Crippen LogP contribution >= 0.6 is 0 Å². The average molecular weight is 316 g/mol. The zero-order valence-corrected chi connectivity index (χ0v) is 15.4. The molecule has 0 aliphatic carbocycles. The highest BCUT2D eigenvalue weighted by molar-refractivity contribution is 5.70. The van der Waals surface area contributed by atoms with E-state index in [1.54, 1.807) is 14.0 Å². The lowest BCUT2D eigenvalue weighted by molar-refractivity contribution is -0.150. The van der Waals surface area contributed by atoms with Gasteiger partial charge < -0.3 is 14.2 Å². The number of hydrogen-bond acceptors (Lipinski definition) is 4. The minimum atomic E-state index is -0.275. The fourth-order valence-corrected chi connectivity index (χ4v) is 2.37. The molecule has 0 saturated carbocycles. The van der Waals surface area contributed by atoms with Crippen LogP contribution in [0.5, 0.6) is 0 Å². The summed E-state index contributed by atoms with van der Waals surface area (Å²) in [5, 5.41) is 0. The van der Waals surface area contributed by atoms with Gasteiger partial charge in [-0.05, 0) is 46.5 Å². The van der Waals surface area contributed by atoms with Crippen LogP contribution in [-0.4, -0.2) is 38.0 Å². The first-order valence-electron chi connectivity index (χ1n) is 8.63. The molecule has 0 amide bonds. The van der Waals surface area contributed by atoms with E-state index in [1.165, 1.54) is 19.3 Å². The SMILES string of the molecule is CCOC(=O)COC(C)CCCC(C)CCCC(C)(C)OC. The molecule has 4 nitrogen and oxygen atoms in total. The van der Waals surface area contributed by atoms with Gasteiger partial charge in [0.25, 0.3) is 0 Å². The van der Waals surface area contributed by atoms with Crippen LogP contribution in [0.3, 0.4) is 0 Å². The van der Waals surface area contributed by atoms with Crippen LogP contribution < -0.4 is 0 Å². The second-order valence-corrected chi connectivity index (χ2v) is 6.82. The highest BCUT2D eigenvalue weighted by Gasteiger charge is 2.16. The molecule has 2 unspecified atom stereocenters. The van der Waals surface area contributed by atoms with Crippen molar-refractivity contribution in [2.45, 2.75) is 84.8 Å². The van der Waals surface area contributed by atoms with E-state index in [9.17, 15) is 4.79 Å². The molecule has 22 heavy (non-hydrogen) atoms. The van der Waals surface area contributed by atoms with E-state index in [4.69, 9.17) is 14.2 Å². The zero-order valence-electron chi connectivity index (χ0n) is 15.4. The van der Waals surface area contributed by atoms with Gasteiger partial charge in [0.05, 0.1) is 18.3 Å². The average Bonchev–Trinajstić information content (AvgIpc) is 2.45. The predicted molar refractivity (Wildman–Crippen MR) is 90.0 cm³/mol. The summed E-state index contributed by atoms with van der Waals surface area (Å²) in [6, 6.07) is 0. The van der Waals surface area contributed by atoms with Gasteiger partial charge in [0, 0.05) is 7.11 Å². The molecule has 0 aromatic carbocycles. The van der Waals surface area contributed by atoms with E-state index in [0.29, 0.717) is 6.61 Å². The van der Waals surface area contributed by atoms with Crippen LogP contribution in [0.15, 0.2) is 0 Å². The molecule has 0 bridgehead atoms. The molecule has 0 radical (unpaired) electrons. The number of esters is 1. The first kappa shape index (κ1) is 21.4. The Kier molecular flexibility index (Phi) is 11.6. The molecule has 132 valence electrons. The van der Waals surface area contributed by atoms with Crippen molar-refractivity contribution in [1.82, 2.24) is 0 Å². The molecule has 0 spiro atoms. The van der Waals surface area contributed by atoms with Gasteiger partial charge in [-0.2, -0.15) is 0 Å². The predicted octanol–water partition coefficient (Wildman–Crippen LogP) is 4.36. The largest absolute Gasteiger partial charge is 0.464 e. The number of carbonyl (C=O) groups is 1. The molecule has 0 heterocycles. The Morgan fingerprint density at radius 1 is 1.09 bits per heavy atom. The maximum atomic E-state index is 11.2. The van der Waals surface area contributed by atoms with Gasteiger partial charge in [0.2, 0.25) is 0 Å². The van der Waals surface area contributed by atoms with Gasteiger partial charge in [0.15, 0.2) is 0 Å². The van der Waals surface area contributed by atoms with E-state index in [0.717, 1.165) is 25.2 Å². The lowest BCUT2D eigenvalue weighted by Crippen LogP contribution is -2.22. The quantitative estimate of drug-likeness (QED) is 0.474. The highest BCUT2D eigenvalue weighted by Crippen LogP contribution is 2.21. The van der Waals surface area contributed by atoms with Crippen molar-refractivity contribution in [1.29, 1.82) is 0 Å². The molecular formula is C18H36O4. The Labute approximate surface area is 136 Å². The van der Waals surface area contributed by atoms with Crippen LogP contribution in [0.2, 0.25) is 0 Å². The summed E-state index contributed by atoms with van der Waals surface area (Å²) >= 11 is 0. The Morgan fingerprint density at radius 2 is 1.73 bits per heavy atom. The van der Waals surface area contributed by atoms with E-state index < -0.39 is 0 Å². The third-order valence-corrected chi connectivity index (χ3v) is 4.13. The molecular weight excluding hydrogens is 280 g/mol. The molecule has 0 N–H and O–H groups in total. The van der Waals surface area contributed by atoms with Gasteiger partial charge in [-0.3, -0.25) is 0 Å². The topological polar surface area (TPSA) is 44.8 Å². The first-order valence-corrected chi connectivity index (χ1v) is 8.63. The molecule has 4 heteroatoms. The van der Waals surface area contributed by atoms with Crippen molar-refractivity contribution >= 4 is 5.97 Å². The summed E-state index contributed by atoms with van der Waals surface area (Å²) in [5.41, 5.74) is -0.00479.